The Kier molecular flexibility index (Phi) is 3.91. The fourth-order valence-corrected chi connectivity index (χ4v) is 4.82. The zero-order chi connectivity index (χ0) is 17.6. The lowest BCUT2D eigenvalue weighted by Crippen LogP contribution is -2.65. The van der Waals surface area contributed by atoms with Crippen LogP contribution in [0.3, 0.4) is 0 Å². The molecule has 5 heteroatoms. The minimum Gasteiger partial charge on any atom is -0.299 e. The first-order chi connectivity index (χ1) is 12.0. The summed E-state index contributed by atoms with van der Waals surface area (Å²) in [7, 11) is 3.28. The Morgan fingerprint density at radius 2 is 1.84 bits per heavy atom. The fourth-order valence-electron chi connectivity index (χ4n) is 4.82. The zero-order valence-electron chi connectivity index (χ0n) is 14.9. The van der Waals surface area contributed by atoms with Gasteiger partial charge in [0.25, 0.3) is 5.56 Å². The molecule has 0 amide bonds. The number of rotatable bonds is 3. The van der Waals surface area contributed by atoms with Gasteiger partial charge in [0.05, 0.1) is 5.54 Å². The summed E-state index contributed by atoms with van der Waals surface area (Å²) in [5.74, 6) is 0.673. The molecule has 4 rings (SSSR count). The molecule has 0 radical (unpaired) electrons. The largest absolute Gasteiger partial charge is 0.330 e. The minimum atomic E-state index is -0.253. The van der Waals surface area contributed by atoms with E-state index in [-0.39, 0.29) is 16.8 Å². The van der Waals surface area contributed by atoms with Crippen LogP contribution < -0.4 is 11.2 Å². The molecule has 0 unspecified atom stereocenters. The average molecular weight is 339 g/mol. The highest BCUT2D eigenvalue weighted by molar-refractivity contribution is 5.30. The van der Waals surface area contributed by atoms with Crippen LogP contribution >= 0.6 is 0 Å². The molecule has 2 heterocycles. The number of hydrogen-bond donors (Lipinski definition) is 0. The lowest BCUT2D eigenvalue weighted by molar-refractivity contribution is -0.122. The Hall–Kier alpha value is -2.14. The van der Waals surface area contributed by atoms with Crippen LogP contribution in [-0.2, 0) is 26.2 Å². The summed E-state index contributed by atoms with van der Waals surface area (Å²) < 4.78 is 2.77. The molecule has 1 aromatic carbocycles. The average Bonchev–Trinajstić information content (AvgIpc) is 2.62. The Bertz CT molecular complexity index is 899. The number of hydrogen-bond acceptors (Lipinski definition) is 3. The summed E-state index contributed by atoms with van der Waals surface area (Å²) in [6.07, 6.45) is 4.95. The Morgan fingerprint density at radius 3 is 2.56 bits per heavy atom. The lowest BCUT2D eigenvalue weighted by Gasteiger charge is -2.62. The molecule has 1 saturated carbocycles. The van der Waals surface area contributed by atoms with Crippen molar-refractivity contribution in [1.82, 2.24) is 14.0 Å². The predicted octanol–water partition coefficient (Wildman–Crippen LogP) is 1.99. The van der Waals surface area contributed by atoms with E-state index in [0.29, 0.717) is 12.5 Å². The molecule has 1 saturated heterocycles. The molecule has 5 nitrogen and oxygen atoms in total. The highest BCUT2D eigenvalue weighted by atomic mass is 16.2. The summed E-state index contributed by atoms with van der Waals surface area (Å²) in [4.78, 5) is 26.8. The fraction of sp³-hybridized carbons (Fsp3) is 0.500. The zero-order valence-corrected chi connectivity index (χ0v) is 14.9. The molecule has 2 atom stereocenters. The van der Waals surface area contributed by atoms with Crippen molar-refractivity contribution in [3.63, 3.8) is 0 Å². The van der Waals surface area contributed by atoms with Gasteiger partial charge >= 0.3 is 5.69 Å². The molecule has 0 N–H and O–H groups in total. The predicted molar refractivity (Wildman–Crippen MR) is 97.4 cm³/mol. The van der Waals surface area contributed by atoms with Crippen molar-refractivity contribution in [1.29, 1.82) is 0 Å². The van der Waals surface area contributed by atoms with E-state index in [0.717, 1.165) is 23.2 Å². The van der Waals surface area contributed by atoms with E-state index >= 15 is 0 Å². The van der Waals surface area contributed by atoms with Crippen LogP contribution in [0.5, 0.6) is 0 Å². The van der Waals surface area contributed by atoms with Gasteiger partial charge in [-0.2, -0.15) is 0 Å². The molecule has 1 aliphatic heterocycles. The second kappa shape index (κ2) is 5.99. The third-order valence-corrected chi connectivity index (χ3v) is 6.29. The third-order valence-electron chi connectivity index (χ3n) is 6.29. The van der Waals surface area contributed by atoms with Crippen LogP contribution in [0.2, 0.25) is 0 Å². The van der Waals surface area contributed by atoms with Gasteiger partial charge in [-0.25, -0.2) is 4.79 Å². The standard InChI is InChI=1S/C20H25N3O2/c1-21-17(12-18(24)22(2)19(21)25)14-23-13-16-10-6-7-11-20(16,23)15-8-4-3-5-9-15/h3-5,8-9,12,16H,6-7,10-11,13-14H2,1-2H3/t16-,20-/m1/s1. The van der Waals surface area contributed by atoms with E-state index in [2.05, 4.69) is 35.2 Å². The van der Waals surface area contributed by atoms with Crippen LogP contribution in [0.25, 0.3) is 0 Å². The van der Waals surface area contributed by atoms with Gasteiger partial charge in [-0.1, -0.05) is 43.2 Å². The molecule has 2 fully saturated rings. The van der Waals surface area contributed by atoms with Crippen LogP contribution in [0.1, 0.15) is 36.9 Å². The van der Waals surface area contributed by atoms with E-state index < -0.39 is 0 Å². The lowest BCUT2D eigenvalue weighted by atomic mass is 9.61. The van der Waals surface area contributed by atoms with E-state index in [1.165, 1.54) is 31.9 Å². The van der Waals surface area contributed by atoms with Crippen molar-refractivity contribution in [3.8, 4) is 0 Å². The Morgan fingerprint density at radius 1 is 1.08 bits per heavy atom. The van der Waals surface area contributed by atoms with Crippen molar-refractivity contribution in [2.45, 2.75) is 37.8 Å². The number of aromatic nitrogens is 2. The SMILES string of the molecule is Cn1c(CN2C[C@H]3CCCC[C@@]32c2ccccc2)cc(=O)n(C)c1=O. The van der Waals surface area contributed by atoms with Gasteiger partial charge in [-0.15, -0.1) is 0 Å². The van der Waals surface area contributed by atoms with Gasteiger partial charge in [0.2, 0.25) is 0 Å². The normalized spacial score (nSPS) is 26.1. The first kappa shape index (κ1) is 16.3. The monoisotopic (exact) mass is 339 g/mol. The van der Waals surface area contributed by atoms with Crippen molar-refractivity contribution < 1.29 is 0 Å². The first-order valence-electron chi connectivity index (χ1n) is 9.10. The van der Waals surface area contributed by atoms with Gasteiger partial charge in [-0.3, -0.25) is 18.8 Å². The van der Waals surface area contributed by atoms with Crippen molar-refractivity contribution in [3.05, 3.63) is 68.5 Å². The van der Waals surface area contributed by atoms with E-state index in [4.69, 9.17) is 0 Å². The minimum absolute atomic E-state index is 0.0661. The second-order valence-electron chi connectivity index (χ2n) is 7.49. The summed E-state index contributed by atoms with van der Waals surface area (Å²) in [6, 6.07) is 12.4. The maximum absolute atomic E-state index is 12.2. The molecular formula is C20H25N3O2. The first-order valence-corrected chi connectivity index (χ1v) is 9.10. The number of likely N-dealkylation sites (tertiary alicyclic amines) is 1. The third kappa shape index (κ3) is 2.41. The Labute approximate surface area is 147 Å². The van der Waals surface area contributed by atoms with Gasteiger partial charge in [0, 0.05) is 38.9 Å². The molecule has 0 bridgehead atoms. The Balaban J connectivity index is 1.72. The van der Waals surface area contributed by atoms with Crippen LogP contribution in [-0.4, -0.2) is 20.6 Å². The molecule has 1 aliphatic carbocycles. The molecule has 0 spiro atoms. The van der Waals surface area contributed by atoms with E-state index in [1.807, 2.05) is 0 Å². The van der Waals surface area contributed by atoms with Gasteiger partial charge in [0.1, 0.15) is 0 Å². The van der Waals surface area contributed by atoms with Gasteiger partial charge in [-0.05, 0) is 24.3 Å². The van der Waals surface area contributed by atoms with E-state index in [1.54, 1.807) is 17.7 Å². The molecule has 2 aromatic rings. The summed E-state index contributed by atoms with van der Waals surface area (Å²) in [5.41, 5.74) is 1.76. The second-order valence-corrected chi connectivity index (χ2v) is 7.49. The smallest absolute Gasteiger partial charge is 0.299 e. The van der Waals surface area contributed by atoms with Crippen LogP contribution in [0.4, 0.5) is 0 Å². The van der Waals surface area contributed by atoms with Crippen LogP contribution in [0.15, 0.2) is 46.0 Å². The number of benzene rings is 1. The number of fused-ring (bicyclic) bond motifs is 1. The maximum Gasteiger partial charge on any atom is 0.330 e. The van der Waals surface area contributed by atoms with Crippen LogP contribution in [0, 0.1) is 5.92 Å². The summed E-state index contributed by atoms with van der Waals surface area (Å²) in [6.45, 7) is 1.69. The molecule has 25 heavy (non-hydrogen) atoms. The molecular weight excluding hydrogens is 314 g/mol. The van der Waals surface area contributed by atoms with Crippen molar-refractivity contribution in [2.24, 2.45) is 20.0 Å². The van der Waals surface area contributed by atoms with Crippen molar-refractivity contribution in [2.75, 3.05) is 6.54 Å². The maximum atomic E-state index is 12.2. The molecule has 132 valence electrons. The summed E-state index contributed by atoms with van der Waals surface area (Å²) in [5, 5.41) is 0. The highest BCUT2D eigenvalue weighted by Crippen LogP contribution is 2.54. The number of nitrogens with zero attached hydrogens (tertiary/aromatic N) is 3. The summed E-state index contributed by atoms with van der Waals surface area (Å²) >= 11 is 0. The quantitative estimate of drug-likeness (QED) is 0.859. The van der Waals surface area contributed by atoms with Gasteiger partial charge < -0.3 is 0 Å². The topological polar surface area (TPSA) is 47.2 Å². The van der Waals surface area contributed by atoms with E-state index in [9.17, 15) is 9.59 Å². The molecule has 2 aliphatic rings. The molecule has 1 aromatic heterocycles. The van der Waals surface area contributed by atoms with Gasteiger partial charge in [0.15, 0.2) is 0 Å². The van der Waals surface area contributed by atoms with Crippen molar-refractivity contribution >= 4 is 0 Å². The highest BCUT2D eigenvalue weighted by Gasteiger charge is 2.54.